The monoisotopic (exact) mass is 279 g/mol. The SMILES string of the molecule is CCOC(=O)c1cc(OC2CCN(C)CC2)ncc1N. The van der Waals surface area contributed by atoms with Crippen LogP contribution in [0, 0.1) is 0 Å². The lowest BCUT2D eigenvalue weighted by atomic mass is 10.1. The molecule has 1 aliphatic rings. The molecule has 0 radical (unpaired) electrons. The maximum Gasteiger partial charge on any atom is 0.340 e. The zero-order valence-corrected chi connectivity index (χ0v) is 12.0. The summed E-state index contributed by atoms with van der Waals surface area (Å²) in [5.74, 6) is -0.0163. The minimum Gasteiger partial charge on any atom is -0.474 e. The number of pyridine rings is 1. The zero-order valence-electron chi connectivity index (χ0n) is 12.0. The fourth-order valence-electron chi connectivity index (χ4n) is 2.17. The fourth-order valence-corrected chi connectivity index (χ4v) is 2.17. The summed E-state index contributed by atoms with van der Waals surface area (Å²) in [6, 6.07) is 1.56. The van der Waals surface area contributed by atoms with E-state index < -0.39 is 5.97 Å². The number of piperidine rings is 1. The summed E-state index contributed by atoms with van der Waals surface area (Å²) in [6.07, 6.45) is 3.49. The Hall–Kier alpha value is -1.82. The van der Waals surface area contributed by atoms with Gasteiger partial charge in [-0.05, 0) is 26.8 Å². The van der Waals surface area contributed by atoms with Crippen molar-refractivity contribution in [2.45, 2.75) is 25.9 Å². The quantitative estimate of drug-likeness (QED) is 0.837. The summed E-state index contributed by atoms with van der Waals surface area (Å²) in [4.78, 5) is 18.2. The van der Waals surface area contributed by atoms with Crippen molar-refractivity contribution in [1.29, 1.82) is 0 Å². The lowest BCUT2D eigenvalue weighted by molar-refractivity contribution is 0.0525. The molecule has 1 saturated heterocycles. The minimum atomic E-state index is -0.444. The zero-order chi connectivity index (χ0) is 14.5. The second-order valence-corrected chi connectivity index (χ2v) is 4.95. The van der Waals surface area contributed by atoms with Gasteiger partial charge in [0.2, 0.25) is 5.88 Å². The highest BCUT2D eigenvalue weighted by Gasteiger charge is 2.20. The molecule has 1 aliphatic heterocycles. The molecule has 110 valence electrons. The van der Waals surface area contributed by atoms with Crippen LogP contribution in [0.5, 0.6) is 5.88 Å². The molecular formula is C14H21N3O3. The maximum absolute atomic E-state index is 11.8. The van der Waals surface area contributed by atoms with Crippen molar-refractivity contribution in [3.63, 3.8) is 0 Å². The number of aromatic nitrogens is 1. The second-order valence-electron chi connectivity index (χ2n) is 4.95. The summed E-state index contributed by atoms with van der Waals surface area (Å²) >= 11 is 0. The highest BCUT2D eigenvalue weighted by atomic mass is 16.5. The topological polar surface area (TPSA) is 77.7 Å². The van der Waals surface area contributed by atoms with Crippen LogP contribution >= 0.6 is 0 Å². The molecule has 2 N–H and O–H groups in total. The molecule has 2 rings (SSSR count). The number of ether oxygens (including phenoxy) is 2. The van der Waals surface area contributed by atoms with Crippen LogP contribution in [-0.2, 0) is 4.74 Å². The van der Waals surface area contributed by atoms with E-state index in [9.17, 15) is 4.79 Å². The Balaban J connectivity index is 2.05. The Morgan fingerprint density at radius 1 is 1.50 bits per heavy atom. The van der Waals surface area contributed by atoms with Crippen LogP contribution < -0.4 is 10.5 Å². The lowest BCUT2D eigenvalue weighted by Crippen LogP contribution is -2.35. The smallest absolute Gasteiger partial charge is 0.340 e. The van der Waals surface area contributed by atoms with Crippen molar-refractivity contribution in [1.82, 2.24) is 9.88 Å². The Morgan fingerprint density at radius 3 is 2.85 bits per heavy atom. The number of nitrogen functional groups attached to an aromatic ring is 1. The van der Waals surface area contributed by atoms with Gasteiger partial charge in [0, 0.05) is 19.2 Å². The molecule has 0 bridgehead atoms. The molecule has 1 fully saturated rings. The van der Waals surface area contributed by atoms with Gasteiger partial charge in [0.25, 0.3) is 0 Å². The third-order valence-corrected chi connectivity index (χ3v) is 3.36. The van der Waals surface area contributed by atoms with Crippen molar-refractivity contribution in [2.24, 2.45) is 0 Å². The second kappa shape index (κ2) is 6.56. The van der Waals surface area contributed by atoms with E-state index in [1.165, 1.54) is 6.20 Å². The van der Waals surface area contributed by atoms with Crippen LogP contribution in [0.25, 0.3) is 0 Å². The molecule has 0 unspecified atom stereocenters. The predicted molar refractivity (Wildman–Crippen MR) is 75.8 cm³/mol. The molecule has 1 aromatic rings. The van der Waals surface area contributed by atoms with E-state index in [4.69, 9.17) is 15.2 Å². The van der Waals surface area contributed by atoms with Gasteiger partial charge in [-0.2, -0.15) is 0 Å². The summed E-state index contributed by atoms with van der Waals surface area (Å²) in [6.45, 7) is 4.08. The van der Waals surface area contributed by atoms with Gasteiger partial charge in [0.1, 0.15) is 6.10 Å². The summed E-state index contributed by atoms with van der Waals surface area (Å²) in [5, 5.41) is 0. The van der Waals surface area contributed by atoms with Crippen LogP contribution in [-0.4, -0.2) is 48.7 Å². The van der Waals surface area contributed by atoms with Gasteiger partial charge in [0.15, 0.2) is 0 Å². The van der Waals surface area contributed by atoms with E-state index in [2.05, 4.69) is 16.9 Å². The molecule has 0 aromatic carbocycles. The molecule has 2 heterocycles. The molecule has 0 amide bonds. The van der Waals surface area contributed by atoms with E-state index in [0.29, 0.717) is 23.7 Å². The third kappa shape index (κ3) is 3.60. The minimum absolute atomic E-state index is 0.136. The molecular weight excluding hydrogens is 258 g/mol. The van der Waals surface area contributed by atoms with E-state index >= 15 is 0 Å². The fraction of sp³-hybridized carbons (Fsp3) is 0.571. The van der Waals surface area contributed by atoms with Crippen LogP contribution in [0.15, 0.2) is 12.3 Å². The third-order valence-electron chi connectivity index (χ3n) is 3.36. The summed E-state index contributed by atoms with van der Waals surface area (Å²) < 4.78 is 10.8. The van der Waals surface area contributed by atoms with Crippen LogP contribution in [0.3, 0.4) is 0 Å². The average Bonchev–Trinajstić information content (AvgIpc) is 2.43. The number of nitrogens with zero attached hydrogens (tertiary/aromatic N) is 2. The van der Waals surface area contributed by atoms with E-state index in [0.717, 1.165) is 25.9 Å². The molecule has 0 saturated carbocycles. The van der Waals surface area contributed by atoms with Crippen LogP contribution in [0.1, 0.15) is 30.1 Å². The van der Waals surface area contributed by atoms with E-state index in [1.54, 1.807) is 13.0 Å². The number of hydrogen-bond donors (Lipinski definition) is 1. The first-order valence-corrected chi connectivity index (χ1v) is 6.88. The number of hydrogen-bond acceptors (Lipinski definition) is 6. The summed E-state index contributed by atoms with van der Waals surface area (Å²) in [5.41, 5.74) is 6.36. The Kier molecular flexibility index (Phi) is 4.79. The predicted octanol–water partition coefficient (Wildman–Crippen LogP) is 1.31. The van der Waals surface area contributed by atoms with Gasteiger partial charge >= 0.3 is 5.97 Å². The van der Waals surface area contributed by atoms with Crippen molar-refractivity contribution >= 4 is 11.7 Å². The first kappa shape index (κ1) is 14.6. The van der Waals surface area contributed by atoms with Crippen molar-refractivity contribution < 1.29 is 14.3 Å². The molecule has 0 spiro atoms. The van der Waals surface area contributed by atoms with Gasteiger partial charge in [-0.15, -0.1) is 0 Å². The average molecular weight is 279 g/mol. The highest BCUT2D eigenvalue weighted by molar-refractivity contribution is 5.95. The number of esters is 1. The van der Waals surface area contributed by atoms with Crippen molar-refractivity contribution in [2.75, 3.05) is 32.5 Å². The number of likely N-dealkylation sites (tertiary alicyclic amines) is 1. The molecule has 0 aliphatic carbocycles. The van der Waals surface area contributed by atoms with Gasteiger partial charge in [0.05, 0.1) is 24.1 Å². The van der Waals surface area contributed by atoms with Gasteiger partial charge in [-0.3, -0.25) is 0 Å². The molecule has 6 nitrogen and oxygen atoms in total. The first-order valence-electron chi connectivity index (χ1n) is 6.88. The number of anilines is 1. The number of carbonyl (C=O) groups excluding carboxylic acids is 1. The lowest BCUT2D eigenvalue weighted by Gasteiger charge is -2.29. The van der Waals surface area contributed by atoms with Gasteiger partial charge < -0.3 is 20.1 Å². The molecule has 0 atom stereocenters. The number of carbonyl (C=O) groups is 1. The Labute approximate surface area is 118 Å². The number of nitrogens with two attached hydrogens (primary N) is 1. The normalized spacial score (nSPS) is 16.9. The Morgan fingerprint density at radius 2 is 2.20 bits per heavy atom. The van der Waals surface area contributed by atoms with Crippen LogP contribution in [0.4, 0.5) is 5.69 Å². The molecule has 6 heteroatoms. The van der Waals surface area contributed by atoms with Gasteiger partial charge in [-0.25, -0.2) is 9.78 Å². The highest BCUT2D eigenvalue weighted by Crippen LogP contribution is 2.21. The summed E-state index contributed by atoms with van der Waals surface area (Å²) in [7, 11) is 2.09. The standard InChI is InChI=1S/C14H21N3O3/c1-3-19-14(18)11-8-13(16-9-12(11)15)20-10-4-6-17(2)7-5-10/h8-10H,3-7,15H2,1-2H3. The largest absolute Gasteiger partial charge is 0.474 e. The van der Waals surface area contributed by atoms with Crippen molar-refractivity contribution in [3.8, 4) is 5.88 Å². The molecule has 1 aromatic heterocycles. The molecule has 20 heavy (non-hydrogen) atoms. The van der Waals surface area contributed by atoms with Crippen LogP contribution in [0.2, 0.25) is 0 Å². The van der Waals surface area contributed by atoms with Gasteiger partial charge in [-0.1, -0.05) is 0 Å². The number of rotatable bonds is 4. The maximum atomic E-state index is 11.8. The van der Waals surface area contributed by atoms with E-state index in [1.807, 2.05) is 0 Å². The first-order chi connectivity index (χ1) is 9.60. The Bertz CT molecular complexity index is 471. The van der Waals surface area contributed by atoms with E-state index in [-0.39, 0.29) is 6.10 Å². The van der Waals surface area contributed by atoms with Crippen molar-refractivity contribution in [3.05, 3.63) is 17.8 Å².